The molecule has 0 saturated heterocycles. The molecule has 2 atom stereocenters. The number of benzene rings is 2. The van der Waals surface area contributed by atoms with Gasteiger partial charge in [-0.2, -0.15) is 5.10 Å². The van der Waals surface area contributed by atoms with Gasteiger partial charge in [-0.25, -0.2) is 4.68 Å². The maximum Gasteiger partial charge on any atom is 0.272 e. The highest BCUT2D eigenvalue weighted by Crippen LogP contribution is 2.25. The molecule has 0 radical (unpaired) electrons. The van der Waals surface area contributed by atoms with Crippen LogP contribution in [0.25, 0.3) is 0 Å². The van der Waals surface area contributed by atoms with Gasteiger partial charge < -0.3 is 19.5 Å². The first-order valence-corrected chi connectivity index (χ1v) is 10.6. The summed E-state index contributed by atoms with van der Waals surface area (Å²) in [6, 6.07) is 19.6. The second kappa shape index (κ2) is 8.81. The van der Waals surface area contributed by atoms with Crippen molar-refractivity contribution in [3.05, 3.63) is 77.5 Å². The number of fused-ring (bicyclic) bond motifs is 2. The Morgan fingerprint density at radius 1 is 1.16 bits per heavy atom. The molecule has 1 aromatic heterocycles. The fourth-order valence-corrected chi connectivity index (χ4v) is 3.94. The SMILES string of the molecule is O=C(N[C@H]1COc2ccccc2C1)c1cc2n(n1)CCC(COCc1ccccc1)O2. The molecule has 0 fully saturated rings. The van der Waals surface area contributed by atoms with Crippen LogP contribution in [0, 0.1) is 0 Å². The number of aromatic nitrogens is 2. The van der Waals surface area contributed by atoms with Gasteiger partial charge in [0.05, 0.1) is 19.3 Å². The number of para-hydroxylation sites is 1. The van der Waals surface area contributed by atoms with Crippen LogP contribution in [-0.2, 0) is 24.3 Å². The molecular weight excluding hydrogens is 394 g/mol. The van der Waals surface area contributed by atoms with E-state index in [9.17, 15) is 4.79 Å². The van der Waals surface area contributed by atoms with Gasteiger partial charge in [-0.3, -0.25) is 4.79 Å². The third-order valence-corrected chi connectivity index (χ3v) is 5.56. The summed E-state index contributed by atoms with van der Waals surface area (Å²) in [6.45, 7) is 2.20. The number of aryl methyl sites for hydroxylation is 1. The van der Waals surface area contributed by atoms with Gasteiger partial charge in [-0.1, -0.05) is 48.5 Å². The van der Waals surface area contributed by atoms with Crippen LogP contribution in [0.4, 0.5) is 0 Å². The zero-order valence-corrected chi connectivity index (χ0v) is 17.2. The highest BCUT2D eigenvalue weighted by Gasteiger charge is 2.26. The zero-order valence-electron chi connectivity index (χ0n) is 17.2. The van der Waals surface area contributed by atoms with Crippen molar-refractivity contribution in [1.82, 2.24) is 15.1 Å². The molecule has 31 heavy (non-hydrogen) atoms. The first kappa shape index (κ1) is 19.6. The molecule has 7 heteroatoms. The average molecular weight is 419 g/mol. The molecule has 2 aliphatic rings. The van der Waals surface area contributed by atoms with Crippen LogP contribution in [0.1, 0.15) is 28.0 Å². The topological polar surface area (TPSA) is 74.6 Å². The van der Waals surface area contributed by atoms with Crippen LogP contribution in [0.3, 0.4) is 0 Å². The van der Waals surface area contributed by atoms with E-state index in [-0.39, 0.29) is 18.1 Å². The van der Waals surface area contributed by atoms with Gasteiger partial charge >= 0.3 is 0 Å². The van der Waals surface area contributed by atoms with Crippen molar-refractivity contribution in [2.45, 2.75) is 38.1 Å². The van der Waals surface area contributed by atoms with E-state index in [4.69, 9.17) is 14.2 Å². The number of hydrogen-bond acceptors (Lipinski definition) is 5. The minimum atomic E-state index is -0.213. The first-order valence-electron chi connectivity index (χ1n) is 10.6. The van der Waals surface area contributed by atoms with Crippen molar-refractivity contribution in [3.63, 3.8) is 0 Å². The molecule has 3 aromatic rings. The number of ether oxygens (including phenoxy) is 3. The lowest BCUT2D eigenvalue weighted by Crippen LogP contribution is -2.42. The molecule has 7 nitrogen and oxygen atoms in total. The van der Waals surface area contributed by atoms with Crippen LogP contribution in [-0.4, -0.2) is 41.0 Å². The van der Waals surface area contributed by atoms with E-state index in [1.54, 1.807) is 10.7 Å². The quantitative estimate of drug-likeness (QED) is 0.665. The Morgan fingerprint density at radius 3 is 2.90 bits per heavy atom. The van der Waals surface area contributed by atoms with Gasteiger partial charge in [0.15, 0.2) is 5.69 Å². The first-order chi connectivity index (χ1) is 15.2. The molecular formula is C24H25N3O4. The Hall–Kier alpha value is -3.32. The summed E-state index contributed by atoms with van der Waals surface area (Å²) in [4.78, 5) is 12.7. The van der Waals surface area contributed by atoms with E-state index in [0.29, 0.717) is 37.9 Å². The Kier molecular flexibility index (Phi) is 5.58. The molecule has 0 saturated carbocycles. The maximum atomic E-state index is 12.7. The number of hydrogen-bond donors (Lipinski definition) is 1. The van der Waals surface area contributed by atoms with Crippen LogP contribution >= 0.6 is 0 Å². The van der Waals surface area contributed by atoms with E-state index in [0.717, 1.165) is 29.7 Å². The van der Waals surface area contributed by atoms with E-state index in [1.807, 2.05) is 54.6 Å². The van der Waals surface area contributed by atoms with Gasteiger partial charge in [-0.15, -0.1) is 0 Å². The summed E-state index contributed by atoms with van der Waals surface area (Å²) in [7, 11) is 0. The van der Waals surface area contributed by atoms with Gasteiger partial charge in [0.2, 0.25) is 5.88 Å². The molecule has 2 aliphatic heterocycles. The zero-order chi connectivity index (χ0) is 21.0. The van der Waals surface area contributed by atoms with Crippen LogP contribution in [0.2, 0.25) is 0 Å². The van der Waals surface area contributed by atoms with Gasteiger partial charge in [0, 0.05) is 19.0 Å². The summed E-state index contributed by atoms with van der Waals surface area (Å²) >= 11 is 0. The molecule has 1 N–H and O–H groups in total. The van der Waals surface area contributed by atoms with Crippen molar-refractivity contribution >= 4 is 5.91 Å². The van der Waals surface area contributed by atoms with Crippen molar-refractivity contribution in [2.75, 3.05) is 13.2 Å². The van der Waals surface area contributed by atoms with Crippen molar-refractivity contribution in [1.29, 1.82) is 0 Å². The largest absolute Gasteiger partial charge is 0.491 e. The summed E-state index contributed by atoms with van der Waals surface area (Å²) in [5.74, 6) is 1.28. The molecule has 160 valence electrons. The fourth-order valence-electron chi connectivity index (χ4n) is 3.94. The monoisotopic (exact) mass is 419 g/mol. The maximum absolute atomic E-state index is 12.7. The highest BCUT2D eigenvalue weighted by atomic mass is 16.5. The fraction of sp³-hybridized carbons (Fsp3) is 0.333. The molecule has 0 spiro atoms. The normalized spacial score (nSPS) is 19.5. The number of carbonyl (C=O) groups excluding carboxylic acids is 1. The second-order valence-electron chi connectivity index (χ2n) is 7.91. The number of nitrogens with one attached hydrogen (secondary N) is 1. The number of amides is 1. The molecule has 2 aromatic carbocycles. The predicted molar refractivity (Wildman–Crippen MR) is 114 cm³/mol. The molecule has 0 bridgehead atoms. The summed E-state index contributed by atoms with van der Waals surface area (Å²) < 4.78 is 19.3. The Balaban J connectivity index is 1.15. The number of nitrogens with zero attached hydrogens (tertiary/aromatic N) is 2. The van der Waals surface area contributed by atoms with Crippen LogP contribution in [0.5, 0.6) is 11.6 Å². The highest BCUT2D eigenvalue weighted by molar-refractivity contribution is 5.92. The van der Waals surface area contributed by atoms with Gasteiger partial charge in [0.1, 0.15) is 18.5 Å². The third-order valence-electron chi connectivity index (χ3n) is 5.56. The predicted octanol–water partition coefficient (Wildman–Crippen LogP) is 2.98. The lowest BCUT2D eigenvalue weighted by molar-refractivity contribution is 0.0187. The van der Waals surface area contributed by atoms with E-state index < -0.39 is 0 Å². The second-order valence-corrected chi connectivity index (χ2v) is 7.91. The Labute approximate surface area is 180 Å². The summed E-state index contributed by atoms with van der Waals surface area (Å²) in [5.41, 5.74) is 2.60. The van der Waals surface area contributed by atoms with Crippen molar-refractivity contribution < 1.29 is 19.0 Å². The Bertz CT molecular complexity index is 1050. The molecule has 5 rings (SSSR count). The third kappa shape index (κ3) is 4.56. The Morgan fingerprint density at radius 2 is 2.00 bits per heavy atom. The number of carbonyl (C=O) groups is 1. The smallest absolute Gasteiger partial charge is 0.272 e. The average Bonchev–Trinajstić information content (AvgIpc) is 3.23. The van der Waals surface area contributed by atoms with Gasteiger partial charge in [-0.05, 0) is 23.6 Å². The standard InChI is InChI=1S/C24H25N3O4/c28-24(25-19-12-18-8-4-5-9-22(18)30-15-19)21-13-23-27(26-21)11-10-20(31-23)16-29-14-17-6-2-1-3-7-17/h1-9,13,19-20H,10-12,14-16H2,(H,25,28)/t19-,20?/m1/s1. The minimum Gasteiger partial charge on any atom is -0.491 e. The van der Waals surface area contributed by atoms with Crippen LogP contribution in [0.15, 0.2) is 60.7 Å². The van der Waals surface area contributed by atoms with Crippen molar-refractivity contribution in [3.8, 4) is 11.6 Å². The number of rotatable bonds is 6. The summed E-state index contributed by atoms with van der Waals surface area (Å²) in [5, 5.41) is 7.45. The molecule has 1 amide bonds. The lowest BCUT2D eigenvalue weighted by Gasteiger charge is -2.25. The van der Waals surface area contributed by atoms with Crippen molar-refractivity contribution in [2.24, 2.45) is 0 Å². The van der Waals surface area contributed by atoms with Crippen LogP contribution < -0.4 is 14.8 Å². The minimum absolute atomic E-state index is 0.0490. The molecule has 1 unspecified atom stereocenters. The van der Waals surface area contributed by atoms with E-state index >= 15 is 0 Å². The molecule has 3 heterocycles. The summed E-state index contributed by atoms with van der Waals surface area (Å²) in [6.07, 6.45) is 1.48. The molecule has 0 aliphatic carbocycles. The van der Waals surface area contributed by atoms with E-state index in [1.165, 1.54) is 0 Å². The van der Waals surface area contributed by atoms with Gasteiger partial charge in [0.25, 0.3) is 5.91 Å². The van der Waals surface area contributed by atoms with E-state index in [2.05, 4.69) is 10.4 Å². The lowest BCUT2D eigenvalue weighted by atomic mass is 10.0.